The van der Waals surface area contributed by atoms with Gasteiger partial charge in [0, 0.05) is 12.4 Å². The number of guanidine groups is 1. The van der Waals surface area contributed by atoms with Crippen LogP contribution in [0.4, 0.5) is 13.2 Å². The Kier molecular flexibility index (Phi) is 4.69. The summed E-state index contributed by atoms with van der Waals surface area (Å²) >= 11 is 0. The van der Waals surface area contributed by atoms with Gasteiger partial charge in [0.1, 0.15) is 5.69 Å². The van der Waals surface area contributed by atoms with Crippen molar-refractivity contribution in [1.29, 1.82) is 5.41 Å². The van der Waals surface area contributed by atoms with Crippen LogP contribution in [0.2, 0.25) is 0 Å². The van der Waals surface area contributed by atoms with Crippen LogP contribution in [0.25, 0.3) is 10.9 Å². The molecule has 0 fully saturated rings. The second kappa shape index (κ2) is 6.17. The molecule has 1 amide bonds. The molecule has 0 aliphatic carbocycles. The van der Waals surface area contributed by atoms with Crippen LogP contribution in [0, 0.1) is 5.41 Å². The first-order valence-corrected chi connectivity index (χ1v) is 8.49. The zero-order valence-electron chi connectivity index (χ0n) is 12.8. The summed E-state index contributed by atoms with van der Waals surface area (Å²) in [7, 11) is -3.28. The second-order valence-electron chi connectivity index (χ2n) is 5.31. The van der Waals surface area contributed by atoms with E-state index >= 15 is 0 Å². The van der Waals surface area contributed by atoms with Crippen LogP contribution < -0.4 is 11.1 Å². The first kappa shape index (κ1) is 19.0. The summed E-state index contributed by atoms with van der Waals surface area (Å²) in [6.45, 7) is 0. The van der Waals surface area contributed by atoms with Crippen LogP contribution in [-0.2, 0) is 24.0 Å². The van der Waals surface area contributed by atoms with Crippen molar-refractivity contribution in [2.45, 2.75) is 12.3 Å². The highest BCUT2D eigenvalue weighted by Gasteiger charge is 2.35. The average Bonchev–Trinajstić information content (AvgIpc) is 2.73. The van der Waals surface area contributed by atoms with E-state index in [1.165, 1.54) is 7.05 Å². The van der Waals surface area contributed by atoms with Gasteiger partial charge in [-0.3, -0.25) is 20.1 Å². The van der Waals surface area contributed by atoms with Crippen molar-refractivity contribution in [3.8, 4) is 0 Å². The molecule has 2 aromatic rings. The van der Waals surface area contributed by atoms with Gasteiger partial charge in [-0.05, 0) is 17.7 Å². The van der Waals surface area contributed by atoms with E-state index < -0.39 is 37.4 Å². The number of nitrogens with zero attached hydrogens (tertiary/aromatic N) is 1. The molecular weight excluding hydrogens is 364 g/mol. The number of fused-ring (bicyclic) bond motifs is 1. The summed E-state index contributed by atoms with van der Waals surface area (Å²) in [4.78, 5) is 30.3. The predicted octanol–water partition coefficient (Wildman–Crippen LogP) is 1.50. The predicted molar refractivity (Wildman–Crippen MR) is 83.0 cm³/mol. The minimum atomic E-state index is -4.73. The Morgan fingerprint density at radius 1 is 1.40 bits per heavy atom. The molecule has 1 aromatic heterocycles. The Bertz CT molecular complexity index is 916. The summed E-state index contributed by atoms with van der Waals surface area (Å²) in [5.74, 6) is -1.61. The highest BCUT2D eigenvalue weighted by Crippen LogP contribution is 2.43. The number of amides is 1. The lowest BCUT2D eigenvalue weighted by Crippen LogP contribution is -2.36. The quantitative estimate of drug-likeness (QED) is 0.313. The third-order valence-electron chi connectivity index (χ3n) is 3.44. The smallest absolute Gasteiger partial charge is 0.370 e. The van der Waals surface area contributed by atoms with Crippen LogP contribution in [0.5, 0.6) is 0 Å². The number of carbonyl (C=O) groups is 1. The van der Waals surface area contributed by atoms with E-state index in [1.54, 1.807) is 0 Å². The standard InChI is InChI=1S/C13H14F3N4O4P/c1-20-9(11(21)19-12(17)18)4-7-8(13(14,15)16)3-2-6(10(7)20)5-25(22,23)24/h2-4H,5H2,1H3,(H2,22,23,24)(H4,17,18,19,21). The minimum Gasteiger partial charge on any atom is -0.370 e. The number of aromatic nitrogens is 1. The van der Waals surface area contributed by atoms with E-state index in [2.05, 4.69) is 0 Å². The monoisotopic (exact) mass is 378 g/mol. The van der Waals surface area contributed by atoms with Gasteiger partial charge in [0.15, 0.2) is 5.96 Å². The van der Waals surface area contributed by atoms with E-state index in [1.807, 2.05) is 5.32 Å². The number of nitrogens with two attached hydrogens (primary N) is 1. The molecule has 0 aliphatic rings. The Balaban J connectivity index is 2.78. The molecule has 136 valence electrons. The number of hydrogen-bond donors (Lipinski definition) is 5. The first-order chi connectivity index (χ1) is 11.3. The molecule has 1 heterocycles. The van der Waals surface area contributed by atoms with Gasteiger partial charge in [0.2, 0.25) is 0 Å². The van der Waals surface area contributed by atoms with Gasteiger partial charge in [-0.25, -0.2) is 0 Å². The van der Waals surface area contributed by atoms with Crippen LogP contribution in [0.1, 0.15) is 21.6 Å². The van der Waals surface area contributed by atoms with Crippen LogP contribution in [-0.4, -0.2) is 26.2 Å². The van der Waals surface area contributed by atoms with Crippen molar-refractivity contribution in [3.05, 3.63) is 35.0 Å². The zero-order valence-corrected chi connectivity index (χ0v) is 13.7. The Labute approximate surface area is 139 Å². The van der Waals surface area contributed by atoms with E-state index in [0.717, 1.165) is 16.7 Å². The molecular formula is C13H14F3N4O4P. The molecule has 0 saturated heterocycles. The van der Waals surface area contributed by atoms with E-state index in [-0.39, 0.29) is 22.2 Å². The summed E-state index contributed by atoms with van der Waals surface area (Å²) in [5.41, 5.74) is 3.58. The van der Waals surface area contributed by atoms with E-state index in [9.17, 15) is 22.5 Å². The normalized spacial score (nSPS) is 12.4. The fourth-order valence-electron chi connectivity index (χ4n) is 2.55. The van der Waals surface area contributed by atoms with Crippen LogP contribution in [0.15, 0.2) is 18.2 Å². The SMILES string of the molecule is Cn1c(C(=O)NC(=N)N)cc2c(C(F)(F)F)ccc(CP(=O)(O)O)c21. The highest BCUT2D eigenvalue weighted by atomic mass is 31.2. The van der Waals surface area contributed by atoms with Crippen molar-refractivity contribution in [1.82, 2.24) is 9.88 Å². The molecule has 2 rings (SSSR count). The maximum Gasteiger partial charge on any atom is 0.417 e. The third-order valence-corrected chi connectivity index (χ3v) is 4.19. The minimum absolute atomic E-state index is 0.0410. The lowest BCUT2D eigenvalue weighted by Gasteiger charge is -2.13. The number of nitrogens with one attached hydrogen (secondary N) is 2. The zero-order chi connectivity index (χ0) is 19.2. The van der Waals surface area contributed by atoms with Crippen molar-refractivity contribution in [2.24, 2.45) is 12.8 Å². The number of aryl methyl sites for hydroxylation is 1. The van der Waals surface area contributed by atoms with Crippen LogP contribution in [0.3, 0.4) is 0 Å². The highest BCUT2D eigenvalue weighted by molar-refractivity contribution is 7.50. The second-order valence-corrected chi connectivity index (χ2v) is 6.96. The first-order valence-electron chi connectivity index (χ1n) is 6.69. The van der Waals surface area contributed by atoms with E-state index in [0.29, 0.717) is 6.07 Å². The molecule has 1 aromatic carbocycles. The molecule has 25 heavy (non-hydrogen) atoms. The number of hydrogen-bond acceptors (Lipinski definition) is 3. The van der Waals surface area contributed by atoms with Crippen molar-refractivity contribution >= 4 is 30.4 Å². The number of rotatable bonds is 3. The maximum atomic E-state index is 13.2. The van der Waals surface area contributed by atoms with Gasteiger partial charge in [-0.15, -0.1) is 0 Å². The fourth-order valence-corrected chi connectivity index (χ4v) is 3.25. The number of halogens is 3. The molecule has 0 spiro atoms. The Hall–Kier alpha value is -2.36. The molecule has 8 nitrogen and oxygen atoms in total. The van der Waals surface area contributed by atoms with Gasteiger partial charge >= 0.3 is 13.8 Å². The maximum absolute atomic E-state index is 13.2. The molecule has 0 unspecified atom stereocenters. The van der Waals surface area contributed by atoms with Gasteiger partial charge in [0.05, 0.1) is 17.2 Å². The summed E-state index contributed by atoms with van der Waals surface area (Å²) in [6.07, 6.45) is -5.51. The number of carbonyl (C=O) groups excluding carboxylic acids is 1. The molecule has 0 saturated carbocycles. The lowest BCUT2D eigenvalue weighted by molar-refractivity contribution is -0.136. The lowest BCUT2D eigenvalue weighted by atomic mass is 10.1. The molecule has 12 heteroatoms. The third kappa shape index (κ3) is 4.01. The Morgan fingerprint density at radius 2 is 2.00 bits per heavy atom. The van der Waals surface area contributed by atoms with E-state index in [4.69, 9.17) is 20.9 Å². The Morgan fingerprint density at radius 3 is 2.48 bits per heavy atom. The van der Waals surface area contributed by atoms with Gasteiger partial charge in [0.25, 0.3) is 5.91 Å². The summed E-state index contributed by atoms with van der Waals surface area (Å²) < 4.78 is 52.0. The number of alkyl halides is 3. The molecule has 6 N–H and O–H groups in total. The van der Waals surface area contributed by atoms with Gasteiger partial charge < -0.3 is 20.1 Å². The fraction of sp³-hybridized carbons (Fsp3) is 0.231. The summed E-state index contributed by atoms with van der Waals surface area (Å²) in [5, 5.41) is 8.61. The molecule has 0 aliphatic heterocycles. The van der Waals surface area contributed by atoms with Gasteiger partial charge in [-0.1, -0.05) is 6.07 Å². The largest absolute Gasteiger partial charge is 0.417 e. The molecule has 0 atom stereocenters. The van der Waals surface area contributed by atoms with Crippen LogP contribution >= 0.6 is 7.60 Å². The molecule has 0 bridgehead atoms. The van der Waals surface area contributed by atoms with Crippen molar-refractivity contribution in [2.75, 3.05) is 0 Å². The van der Waals surface area contributed by atoms with Crippen molar-refractivity contribution in [3.63, 3.8) is 0 Å². The topological polar surface area (TPSA) is 141 Å². The van der Waals surface area contributed by atoms with Gasteiger partial charge in [-0.2, -0.15) is 13.2 Å². The van der Waals surface area contributed by atoms with Crippen molar-refractivity contribution < 1.29 is 32.3 Å². The summed E-state index contributed by atoms with van der Waals surface area (Å²) in [6, 6.07) is 2.62. The number of benzene rings is 1. The average molecular weight is 378 g/mol. The molecule has 0 radical (unpaired) electrons.